The van der Waals surface area contributed by atoms with Crippen molar-refractivity contribution >= 4 is 29.1 Å². The van der Waals surface area contributed by atoms with E-state index >= 15 is 0 Å². The number of rotatable bonds is 5. The van der Waals surface area contributed by atoms with Crippen molar-refractivity contribution in [2.45, 2.75) is 56.9 Å². The van der Waals surface area contributed by atoms with Crippen molar-refractivity contribution in [3.63, 3.8) is 0 Å². The minimum Gasteiger partial charge on any atom is -0.363 e. The highest BCUT2D eigenvalue weighted by atomic mass is 32.1. The minimum atomic E-state index is -0.512. The van der Waals surface area contributed by atoms with Crippen LogP contribution >= 0.6 is 12.2 Å². The van der Waals surface area contributed by atoms with Gasteiger partial charge in [0.2, 0.25) is 5.91 Å². The number of fused-ring (bicyclic) bond motifs is 3. The van der Waals surface area contributed by atoms with E-state index in [4.69, 9.17) is 17.0 Å². The van der Waals surface area contributed by atoms with Crippen LogP contribution in [0, 0.1) is 11.7 Å². The molecule has 0 aromatic heterocycles. The van der Waals surface area contributed by atoms with Gasteiger partial charge in [-0.3, -0.25) is 14.5 Å². The highest BCUT2D eigenvalue weighted by Crippen LogP contribution is 2.39. The van der Waals surface area contributed by atoms with Crippen molar-refractivity contribution in [2.24, 2.45) is 5.92 Å². The second-order valence-corrected chi connectivity index (χ2v) is 8.05. The van der Waals surface area contributed by atoms with E-state index in [1.165, 1.54) is 17.0 Å². The van der Waals surface area contributed by atoms with Crippen molar-refractivity contribution < 1.29 is 18.7 Å². The summed E-state index contributed by atoms with van der Waals surface area (Å²) in [7, 11) is 0. The first-order valence-corrected chi connectivity index (χ1v) is 10.2. The zero-order valence-electron chi connectivity index (χ0n) is 15.5. The second-order valence-electron chi connectivity index (χ2n) is 7.66. The first-order chi connectivity index (χ1) is 13.5. The molecule has 2 saturated heterocycles. The molecule has 1 aliphatic carbocycles. The van der Waals surface area contributed by atoms with E-state index in [2.05, 4.69) is 10.6 Å². The molecule has 2 heterocycles. The summed E-state index contributed by atoms with van der Waals surface area (Å²) in [6.07, 6.45) is 4.10. The predicted octanol–water partition coefficient (Wildman–Crippen LogP) is 1.87. The number of carbonyl (C=O) groups is 2. The number of hydrogen-bond donors (Lipinski definition) is 2. The largest absolute Gasteiger partial charge is 0.363 e. The molecule has 8 heteroatoms. The highest BCUT2D eigenvalue weighted by Gasteiger charge is 2.52. The fourth-order valence-electron chi connectivity index (χ4n) is 4.39. The topological polar surface area (TPSA) is 70.7 Å². The summed E-state index contributed by atoms with van der Waals surface area (Å²) < 4.78 is 19.0. The van der Waals surface area contributed by atoms with Crippen LogP contribution in [0.4, 0.5) is 4.39 Å². The van der Waals surface area contributed by atoms with Gasteiger partial charge in [0.05, 0.1) is 12.1 Å². The molecule has 3 fully saturated rings. The fraction of sp³-hybridized carbons (Fsp3) is 0.550. The third-order valence-electron chi connectivity index (χ3n) is 5.87. The quantitative estimate of drug-likeness (QED) is 0.732. The third kappa shape index (κ3) is 3.89. The van der Waals surface area contributed by atoms with Gasteiger partial charge in [0.25, 0.3) is 5.91 Å². The first kappa shape index (κ1) is 19.3. The zero-order valence-corrected chi connectivity index (χ0v) is 16.3. The summed E-state index contributed by atoms with van der Waals surface area (Å²) >= 11 is 5.40. The predicted molar refractivity (Wildman–Crippen MR) is 105 cm³/mol. The van der Waals surface area contributed by atoms with Gasteiger partial charge in [0.15, 0.2) is 11.2 Å². The van der Waals surface area contributed by atoms with E-state index in [0.717, 1.165) is 31.2 Å². The molecule has 0 bridgehead atoms. The Bertz CT molecular complexity index is 772. The van der Waals surface area contributed by atoms with Crippen molar-refractivity contribution in [2.75, 3.05) is 6.54 Å². The molecule has 1 aromatic rings. The fourth-order valence-corrected chi connectivity index (χ4v) is 4.71. The highest BCUT2D eigenvalue weighted by molar-refractivity contribution is 7.80. The molecule has 0 radical (unpaired) electrons. The number of ether oxygens (including phenoxy) is 1. The maximum atomic E-state index is 12.9. The van der Waals surface area contributed by atoms with Gasteiger partial charge in [-0.15, -0.1) is 0 Å². The third-order valence-corrected chi connectivity index (χ3v) is 6.21. The van der Waals surface area contributed by atoms with Crippen LogP contribution in [0.3, 0.4) is 0 Å². The van der Waals surface area contributed by atoms with Crippen LogP contribution < -0.4 is 10.6 Å². The first-order valence-electron chi connectivity index (χ1n) is 9.81. The number of nitrogens with zero attached hydrogens (tertiary/aromatic N) is 1. The Hall–Kier alpha value is -2.06. The lowest BCUT2D eigenvalue weighted by Crippen LogP contribution is -2.62. The molecule has 0 spiro atoms. The normalized spacial score (nSPS) is 29.1. The number of benzene rings is 1. The van der Waals surface area contributed by atoms with Gasteiger partial charge in [0, 0.05) is 25.4 Å². The average molecular weight is 405 g/mol. The Morgan fingerprint density at radius 2 is 2.04 bits per heavy atom. The molecule has 4 unspecified atom stereocenters. The monoisotopic (exact) mass is 405 g/mol. The number of amides is 2. The maximum absolute atomic E-state index is 12.9. The van der Waals surface area contributed by atoms with Gasteiger partial charge < -0.3 is 15.4 Å². The van der Waals surface area contributed by atoms with E-state index in [1.54, 1.807) is 12.1 Å². The Morgan fingerprint density at radius 1 is 1.29 bits per heavy atom. The van der Waals surface area contributed by atoms with Gasteiger partial charge in [-0.05, 0) is 42.8 Å². The van der Waals surface area contributed by atoms with Crippen LogP contribution in [0.5, 0.6) is 0 Å². The Labute approximate surface area is 168 Å². The van der Waals surface area contributed by atoms with Crippen LogP contribution in [0.15, 0.2) is 24.3 Å². The van der Waals surface area contributed by atoms with Gasteiger partial charge in [-0.1, -0.05) is 25.0 Å². The van der Waals surface area contributed by atoms with Crippen molar-refractivity contribution in [1.29, 1.82) is 0 Å². The van der Waals surface area contributed by atoms with E-state index < -0.39 is 6.10 Å². The van der Waals surface area contributed by atoms with Crippen LogP contribution in [0.1, 0.15) is 37.7 Å². The minimum absolute atomic E-state index is 0.0474. The zero-order chi connectivity index (χ0) is 19.7. The number of carbonyl (C=O) groups excluding carboxylic acids is 2. The summed E-state index contributed by atoms with van der Waals surface area (Å²) in [5.41, 5.74) is 0.811. The van der Waals surface area contributed by atoms with Crippen molar-refractivity contribution in [1.82, 2.24) is 15.5 Å². The maximum Gasteiger partial charge on any atom is 0.260 e. The standard InChI is InChI=1S/C20H24FN3O3S/c21-13-7-5-12(6-8-13)11-22-16(25)9-10-24-19(26)18-17(23-20(24)28)14-3-1-2-4-15(14)27-18/h5-8,14-15,17-18H,1-4,9-11H2,(H,22,25)(H,23,28). The Morgan fingerprint density at radius 3 is 2.82 bits per heavy atom. The molecular weight excluding hydrogens is 381 g/mol. The van der Waals surface area contributed by atoms with Crippen molar-refractivity contribution in [3.05, 3.63) is 35.6 Å². The van der Waals surface area contributed by atoms with Crippen LogP contribution in [0.25, 0.3) is 0 Å². The number of thiocarbonyl (C=S) groups is 1. The van der Waals surface area contributed by atoms with Gasteiger partial charge >= 0.3 is 0 Å². The Kier molecular flexibility index (Phi) is 5.59. The lowest BCUT2D eigenvalue weighted by atomic mass is 9.82. The molecule has 150 valence electrons. The van der Waals surface area contributed by atoms with Crippen LogP contribution in [-0.2, 0) is 20.9 Å². The summed E-state index contributed by atoms with van der Waals surface area (Å²) in [5.74, 6) is -0.314. The summed E-state index contributed by atoms with van der Waals surface area (Å²) in [4.78, 5) is 26.5. The molecule has 2 aliphatic heterocycles. The molecular formula is C20H24FN3O3S. The van der Waals surface area contributed by atoms with E-state index in [-0.39, 0.29) is 42.7 Å². The van der Waals surface area contributed by atoms with Crippen molar-refractivity contribution in [3.8, 4) is 0 Å². The van der Waals surface area contributed by atoms with Gasteiger partial charge in [0.1, 0.15) is 5.82 Å². The molecule has 2 amide bonds. The molecule has 1 aromatic carbocycles. The molecule has 1 saturated carbocycles. The molecule has 4 rings (SSSR count). The summed E-state index contributed by atoms with van der Waals surface area (Å²) in [5, 5.41) is 6.45. The summed E-state index contributed by atoms with van der Waals surface area (Å²) in [6.45, 7) is 0.523. The second kappa shape index (κ2) is 8.13. The number of halogens is 1. The lowest BCUT2D eigenvalue weighted by molar-refractivity contribution is -0.141. The van der Waals surface area contributed by atoms with Crippen LogP contribution in [-0.4, -0.2) is 46.6 Å². The SMILES string of the molecule is O=C(CCN1C(=O)C2OC3CCCCC3C2NC1=S)NCc1ccc(F)cc1. The molecule has 2 N–H and O–H groups in total. The molecule has 28 heavy (non-hydrogen) atoms. The van der Waals surface area contributed by atoms with E-state index in [0.29, 0.717) is 17.6 Å². The Balaban J connectivity index is 1.30. The molecule has 4 atom stereocenters. The lowest BCUT2D eigenvalue weighted by Gasteiger charge is -2.37. The van der Waals surface area contributed by atoms with Crippen LogP contribution in [0.2, 0.25) is 0 Å². The number of hydrogen-bond acceptors (Lipinski definition) is 4. The number of nitrogens with one attached hydrogen (secondary N) is 2. The average Bonchev–Trinajstić information content (AvgIpc) is 3.06. The van der Waals surface area contributed by atoms with Gasteiger partial charge in [-0.25, -0.2) is 4.39 Å². The molecule has 3 aliphatic rings. The summed E-state index contributed by atoms with van der Waals surface area (Å²) in [6, 6.07) is 5.91. The smallest absolute Gasteiger partial charge is 0.260 e. The molecule has 6 nitrogen and oxygen atoms in total. The van der Waals surface area contributed by atoms with Gasteiger partial charge in [-0.2, -0.15) is 0 Å². The van der Waals surface area contributed by atoms with E-state index in [1.807, 2.05) is 0 Å². The van der Waals surface area contributed by atoms with E-state index in [9.17, 15) is 14.0 Å².